The quantitative estimate of drug-likeness (QED) is 0.187. The third-order valence-electron chi connectivity index (χ3n) is 3.83. The van der Waals surface area contributed by atoms with E-state index in [0.29, 0.717) is 26.2 Å². The van der Waals surface area contributed by atoms with Gasteiger partial charge >= 0.3 is 66.0 Å². The van der Waals surface area contributed by atoms with Crippen LogP contribution in [0.2, 0.25) is 0 Å². The van der Waals surface area contributed by atoms with Crippen molar-refractivity contribution in [3.8, 4) is 0 Å². The van der Waals surface area contributed by atoms with Gasteiger partial charge in [0.15, 0.2) is 22.8 Å². The first kappa shape index (κ1) is 52.2. The summed E-state index contributed by atoms with van der Waals surface area (Å²) in [4.78, 5) is 48.7. The van der Waals surface area contributed by atoms with Crippen molar-refractivity contribution in [1.82, 2.24) is 9.97 Å². The van der Waals surface area contributed by atoms with Crippen LogP contribution in [0.5, 0.6) is 0 Å². The van der Waals surface area contributed by atoms with E-state index in [-0.39, 0.29) is 0 Å². The fourth-order valence-electron chi connectivity index (χ4n) is 1.74. The van der Waals surface area contributed by atoms with Crippen LogP contribution in [0.4, 0.5) is 0 Å². The summed E-state index contributed by atoms with van der Waals surface area (Å²) >= 11 is 2.12. The van der Waals surface area contributed by atoms with Gasteiger partial charge in [-0.2, -0.15) is 26.2 Å². The van der Waals surface area contributed by atoms with Gasteiger partial charge in [-0.25, -0.2) is 29.1 Å². The van der Waals surface area contributed by atoms with Gasteiger partial charge in [-0.3, -0.25) is 0 Å². The minimum absolute atomic E-state index is 0.594. The van der Waals surface area contributed by atoms with Crippen LogP contribution >= 0.6 is 0 Å². The van der Waals surface area contributed by atoms with E-state index in [2.05, 4.69) is 37.7 Å². The summed E-state index contributed by atoms with van der Waals surface area (Å²) in [5.41, 5.74) is 21.8. The molecule has 18 heteroatoms. The number of aromatic carboxylic acids is 4. The molecule has 0 aliphatic rings. The fraction of sp³-hybridized carbons (Fsp3) is 0.667. The zero-order valence-electron chi connectivity index (χ0n) is 24.5. The molecule has 0 bridgehead atoms. The molecule has 240 valence electrons. The molecule has 0 spiro atoms. The SMILES string of the molecule is CCCC[NH-].CCCC[NH-].CCCC[NH-].CCCC[NH-].O=C(O)c1nc(C(=O)O)c(C(=O)O)nc1C(=O)O.[O]=[V+2].[O]=[V+2]. The van der Waals surface area contributed by atoms with E-state index >= 15 is 0 Å². The molecule has 0 aliphatic heterocycles. The number of nitrogens with one attached hydrogen (secondary N) is 4. The van der Waals surface area contributed by atoms with Crippen LogP contribution in [0, 0.1) is 0 Å². The summed E-state index contributed by atoms with van der Waals surface area (Å²) < 4.78 is 16.4. The van der Waals surface area contributed by atoms with E-state index < -0.39 is 46.7 Å². The fourth-order valence-corrected chi connectivity index (χ4v) is 1.74. The first-order valence-electron chi connectivity index (χ1n) is 12.7. The van der Waals surface area contributed by atoms with Crippen LogP contribution < -0.4 is 0 Å². The van der Waals surface area contributed by atoms with Crippen molar-refractivity contribution in [1.29, 1.82) is 0 Å². The summed E-state index contributed by atoms with van der Waals surface area (Å²) in [6.45, 7) is 10.7. The molecule has 0 amide bonds. The van der Waals surface area contributed by atoms with Crippen molar-refractivity contribution in [3.05, 3.63) is 45.7 Å². The van der Waals surface area contributed by atoms with Gasteiger partial charge < -0.3 is 43.4 Å². The number of hydrogen-bond donors (Lipinski definition) is 4. The van der Waals surface area contributed by atoms with Crippen molar-refractivity contribution in [2.75, 3.05) is 26.2 Å². The molecule has 16 nitrogen and oxygen atoms in total. The van der Waals surface area contributed by atoms with E-state index in [1.165, 1.54) is 0 Å². The second-order valence-corrected chi connectivity index (χ2v) is 7.25. The molecule has 0 fully saturated rings. The third-order valence-corrected chi connectivity index (χ3v) is 3.83. The van der Waals surface area contributed by atoms with Crippen LogP contribution in [0.15, 0.2) is 0 Å². The molecule has 42 heavy (non-hydrogen) atoms. The molecule has 0 aliphatic carbocycles. The number of unbranched alkanes of at least 4 members (excludes halogenated alkanes) is 4. The number of carbonyl (C=O) groups is 4. The van der Waals surface area contributed by atoms with Gasteiger partial charge in [0.25, 0.3) is 0 Å². The van der Waals surface area contributed by atoms with Crippen LogP contribution in [0.3, 0.4) is 0 Å². The molecule has 1 aromatic rings. The summed E-state index contributed by atoms with van der Waals surface area (Å²) in [6.07, 6.45) is 8.85. The number of hydrogen-bond acceptors (Lipinski definition) is 8. The Morgan fingerprint density at radius 2 is 0.619 bits per heavy atom. The van der Waals surface area contributed by atoms with Crippen LogP contribution in [-0.2, 0) is 42.1 Å². The van der Waals surface area contributed by atoms with Gasteiger partial charge in [0.05, 0.1) is 0 Å². The summed E-state index contributed by atoms with van der Waals surface area (Å²) in [5.74, 6) is -7.34. The van der Waals surface area contributed by atoms with Gasteiger partial charge in [-0.05, 0) is 0 Å². The molecule has 1 heterocycles. The molecule has 0 aromatic carbocycles. The average molecular weight is 679 g/mol. The molecular weight excluding hydrogens is 634 g/mol. The second-order valence-electron chi connectivity index (χ2n) is 7.25. The Morgan fingerprint density at radius 3 is 0.667 bits per heavy atom. The monoisotopic (exact) mass is 678 g/mol. The molecule has 1 rings (SSSR count). The Labute approximate surface area is 265 Å². The maximum absolute atomic E-state index is 10.7. The van der Waals surface area contributed by atoms with E-state index in [4.69, 9.17) is 50.7 Å². The summed E-state index contributed by atoms with van der Waals surface area (Å²) in [7, 11) is 0. The van der Waals surface area contributed by atoms with Crippen LogP contribution in [-0.4, -0.2) is 80.5 Å². The first-order valence-corrected chi connectivity index (χ1v) is 13.9. The number of carboxylic acids is 4. The van der Waals surface area contributed by atoms with Gasteiger partial charge in [0.2, 0.25) is 0 Å². The Balaban J connectivity index is -0.000000111. The molecule has 0 radical (unpaired) electrons. The van der Waals surface area contributed by atoms with E-state index in [0.717, 1.165) is 86.1 Å². The third kappa shape index (κ3) is 35.6. The second kappa shape index (κ2) is 43.0. The van der Waals surface area contributed by atoms with Gasteiger partial charge in [0.1, 0.15) is 0 Å². The van der Waals surface area contributed by atoms with E-state index in [9.17, 15) is 19.2 Å². The Hall–Kier alpha value is -2.43. The number of carboxylic acid groups (broad SMARTS) is 4. The Morgan fingerprint density at radius 1 is 0.476 bits per heavy atom. The van der Waals surface area contributed by atoms with E-state index in [1.54, 1.807) is 0 Å². The standard InChI is InChI=1S/C8H4N2O8.4C4H10N.2O.2V/c11-5(12)1-2(6(13)14)10-4(8(17)18)3(9-1)7(15)16;4*1-2-3-4-5;;;;/h(H,11,12)(H,13,14)(H,15,16)(H,17,18);4*5H,2-4H2,1H3;;;;/q;4*-1;;;2*+2. The molecule has 0 unspecified atom stereocenters. The number of rotatable bonds is 12. The van der Waals surface area contributed by atoms with Crippen molar-refractivity contribution in [3.63, 3.8) is 0 Å². The van der Waals surface area contributed by atoms with Crippen molar-refractivity contribution in [2.24, 2.45) is 0 Å². The number of aromatic nitrogens is 2. The van der Waals surface area contributed by atoms with Crippen molar-refractivity contribution < 1.29 is 81.7 Å². The Kier molecular flexibility index (Phi) is 53.5. The molecular formula is C24H44N6O10V2. The molecule has 0 saturated carbocycles. The van der Waals surface area contributed by atoms with Gasteiger partial charge in [-0.1, -0.05) is 79.1 Å². The normalized spacial score (nSPS) is 8.48. The van der Waals surface area contributed by atoms with Crippen LogP contribution in [0.1, 0.15) is 121 Å². The van der Waals surface area contributed by atoms with Crippen molar-refractivity contribution >= 4 is 23.9 Å². The summed E-state index contributed by atoms with van der Waals surface area (Å²) in [6, 6.07) is 0. The molecule has 0 atom stereocenters. The predicted octanol–water partition coefficient (Wildman–Crippen LogP) is 6.38. The average Bonchev–Trinajstić information content (AvgIpc) is 2.97. The predicted molar refractivity (Wildman–Crippen MR) is 148 cm³/mol. The first-order chi connectivity index (χ1) is 19.9. The van der Waals surface area contributed by atoms with Crippen LogP contribution in [0.25, 0.3) is 22.9 Å². The Bertz CT molecular complexity index is 692. The minimum atomic E-state index is -1.83. The zero-order valence-corrected chi connectivity index (χ0v) is 27.3. The van der Waals surface area contributed by atoms with Gasteiger partial charge in [0, 0.05) is 0 Å². The molecule has 0 saturated heterocycles. The molecule has 1 aromatic heterocycles. The zero-order chi connectivity index (χ0) is 34.5. The summed E-state index contributed by atoms with van der Waals surface area (Å²) in [5, 5.41) is 34.6. The topological polar surface area (TPSA) is 304 Å². The maximum atomic E-state index is 10.7. The number of nitrogens with zero attached hydrogens (tertiary/aromatic N) is 2. The van der Waals surface area contributed by atoms with E-state index in [1.807, 2.05) is 0 Å². The van der Waals surface area contributed by atoms with Crippen molar-refractivity contribution in [2.45, 2.75) is 79.1 Å². The van der Waals surface area contributed by atoms with Gasteiger partial charge in [-0.15, -0.1) is 0 Å². The molecule has 8 N–H and O–H groups in total.